The fraction of sp³-hybridized carbons (Fsp3) is 0.923. The van der Waals surface area contributed by atoms with E-state index in [0.29, 0.717) is 0 Å². The highest BCUT2D eigenvalue weighted by Gasteiger charge is 2.51. The van der Waals surface area contributed by atoms with E-state index in [1.807, 2.05) is 0 Å². The molecule has 146 valence electrons. The Hall–Kier alpha value is -0.930. The van der Waals surface area contributed by atoms with Gasteiger partial charge in [-0.3, -0.25) is 4.79 Å². The van der Waals surface area contributed by atoms with Gasteiger partial charge in [0, 0.05) is 0 Å². The average Bonchev–Trinajstić information content (AvgIpc) is 2.60. The Labute approximate surface area is 141 Å². The average molecular weight is 370 g/mol. The van der Waals surface area contributed by atoms with Gasteiger partial charge in [-0.15, -0.1) is 0 Å². The van der Waals surface area contributed by atoms with Crippen LogP contribution in [0.2, 0.25) is 0 Å². The van der Waals surface area contributed by atoms with Gasteiger partial charge in [0.2, 0.25) is 0 Å². The van der Waals surface area contributed by atoms with Gasteiger partial charge >= 0.3 is 0 Å². The molecular weight excluding hydrogens is 348 g/mol. The summed E-state index contributed by atoms with van der Waals surface area (Å²) in [5.74, 6) is 0. The standard InChI is InChI=1S/C13H22O12/c14-1-4-6(17)8(19)11(12(21)23-4)25-13-9(20)10(22-3-16)7(18)5(2-15)24-13/h3-15,17-21H,1-2H2/t4-,5+,6+,7+,8-,9-,10-,11-,12?,13+/m0/s1. The van der Waals surface area contributed by atoms with Crippen LogP contribution in [-0.2, 0) is 23.7 Å². The number of hydrogen-bond acceptors (Lipinski definition) is 12. The highest BCUT2D eigenvalue weighted by atomic mass is 16.7. The third kappa shape index (κ3) is 4.09. The Bertz CT molecular complexity index is 435. The van der Waals surface area contributed by atoms with Crippen molar-refractivity contribution in [3.8, 4) is 0 Å². The second kappa shape index (κ2) is 8.64. The van der Waals surface area contributed by atoms with E-state index in [4.69, 9.17) is 19.3 Å². The van der Waals surface area contributed by atoms with Crippen LogP contribution >= 0.6 is 0 Å². The van der Waals surface area contributed by atoms with Gasteiger partial charge in [-0.2, -0.15) is 0 Å². The first-order valence-corrected chi connectivity index (χ1v) is 7.53. The molecule has 7 N–H and O–H groups in total. The number of carbonyl (C=O) groups is 1. The molecule has 0 aromatic carbocycles. The van der Waals surface area contributed by atoms with Gasteiger partial charge < -0.3 is 54.7 Å². The van der Waals surface area contributed by atoms with E-state index in [9.17, 15) is 35.4 Å². The van der Waals surface area contributed by atoms with E-state index in [2.05, 4.69) is 4.74 Å². The lowest BCUT2D eigenvalue weighted by Crippen LogP contribution is -2.64. The summed E-state index contributed by atoms with van der Waals surface area (Å²) in [4.78, 5) is 10.5. The smallest absolute Gasteiger partial charge is 0.293 e. The van der Waals surface area contributed by atoms with Gasteiger partial charge in [-0.25, -0.2) is 0 Å². The topological polar surface area (TPSA) is 196 Å². The fourth-order valence-corrected chi connectivity index (χ4v) is 2.76. The molecule has 0 aromatic heterocycles. The van der Waals surface area contributed by atoms with Crippen LogP contribution in [-0.4, -0.2) is 117 Å². The summed E-state index contributed by atoms with van der Waals surface area (Å²) >= 11 is 0. The predicted octanol–water partition coefficient (Wildman–Crippen LogP) is -5.22. The van der Waals surface area contributed by atoms with Crippen molar-refractivity contribution in [3.05, 3.63) is 0 Å². The number of hydrogen-bond donors (Lipinski definition) is 7. The molecule has 2 heterocycles. The van der Waals surface area contributed by atoms with Crippen molar-refractivity contribution < 1.29 is 59.5 Å². The van der Waals surface area contributed by atoms with Gasteiger partial charge in [-0.05, 0) is 0 Å². The predicted molar refractivity (Wildman–Crippen MR) is 73.5 cm³/mol. The molecule has 0 spiro atoms. The molecule has 0 aliphatic carbocycles. The first-order chi connectivity index (χ1) is 11.8. The molecule has 0 bridgehead atoms. The largest absolute Gasteiger partial charge is 0.459 e. The van der Waals surface area contributed by atoms with E-state index in [-0.39, 0.29) is 6.47 Å². The van der Waals surface area contributed by atoms with Crippen molar-refractivity contribution in [2.45, 2.75) is 61.4 Å². The normalized spacial score (nSPS) is 48.1. The van der Waals surface area contributed by atoms with E-state index in [1.165, 1.54) is 0 Å². The Kier molecular flexibility index (Phi) is 7.04. The van der Waals surface area contributed by atoms with Gasteiger partial charge in [-0.1, -0.05) is 0 Å². The molecule has 12 nitrogen and oxygen atoms in total. The van der Waals surface area contributed by atoms with E-state index in [1.54, 1.807) is 0 Å². The molecule has 2 rings (SSSR count). The van der Waals surface area contributed by atoms with Gasteiger partial charge in [0.05, 0.1) is 13.2 Å². The molecule has 0 saturated carbocycles. The Morgan fingerprint density at radius 2 is 1.40 bits per heavy atom. The lowest BCUT2D eigenvalue weighted by molar-refractivity contribution is -0.361. The van der Waals surface area contributed by atoms with Crippen molar-refractivity contribution in [2.24, 2.45) is 0 Å². The zero-order valence-electron chi connectivity index (χ0n) is 12.9. The number of ether oxygens (including phenoxy) is 4. The minimum Gasteiger partial charge on any atom is -0.459 e. The molecule has 25 heavy (non-hydrogen) atoms. The number of rotatable bonds is 6. The van der Waals surface area contributed by atoms with Crippen molar-refractivity contribution in [1.29, 1.82) is 0 Å². The Morgan fingerprint density at radius 3 is 1.96 bits per heavy atom. The summed E-state index contributed by atoms with van der Waals surface area (Å²) in [6.45, 7) is -1.39. The molecule has 0 amide bonds. The minimum absolute atomic E-state index is 0.0169. The first-order valence-electron chi connectivity index (χ1n) is 7.53. The van der Waals surface area contributed by atoms with Crippen LogP contribution < -0.4 is 0 Å². The summed E-state index contributed by atoms with van der Waals surface area (Å²) in [7, 11) is 0. The highest BCUT2D eigenvalue weighted by Crippen LogP contribution is 2.29. The van der Waals surface area contributed by atoms with Gasteiger partial charge in [0.25, 0.3) is 6.47 Å². The summed E-state index contributed by atoms with van der Waals surface area (Å²) in [6, 6.07) is 0. The molecule has 2 saturated heterocycles. The van der Waals surface area contributed by atoms with Crippen LogP contribution in [0.5, 0.6) is 0 Å². The SMILES string of the molecule is O=CO[C@@H]1[C@H](O)[C@@H](O[C@@H]2C(O)O[C@@H](CO)[C@@H](O)[C@@H]2O)O[C@H](CO)[C@H]1O. The molecule has 1 unspecified atom stereocenters. The molecule has 2 aliphatic rings. The fourth-order valence-electron chi connectivity index (χ4n) is 2.76. The minimum atomic E-state index is -1.78. The molecule has 2 fully saturated rings. The summed E-state index contributed by atoms with van der Waals surface area (Å²) in [5.41, 5.74) is 0. The lowest BCUT2D eigenvalue weighted by Gasteiger charge is -2.45. The molecule has 2 aliphatic heterocycles. The van der Waals surface area contributed by atoms with Crippen LogP contribution in [0, 0.1) is 0 Å². The quantitative estimate of drug-likeness (QED) is 0.220. The number of carbonyl (C=O) groups excluding carboxylic acids is 1. The van der Waals surface area contributed by atoms with E-state index < -0.39 is 74.6 Å². The highest BCUT2D eigenvalue weighted by molar-refractivity contribution is 5.38. The zero-order valence-corrected chi connectivity index (χ0v) is 12.9. The third-order valence-corrected chi connectivity index (χ3v) is 4.17. The number of aliphatic hydroxyl groups excluding tert-OH is 7. The van der Waals surface area contributed by atoms with Gasteiger partial charge in [0.15, 0.2) is 18.7 Å². The molecule has 0 aromatic rings. The van der Waals surface area contributed by atoms with Crippen LogP contribution in [0.1, 0.15) is 0 Å². The Morgan fingerprint density at radius 1 is 0.800 bits per heavy atom. The molecule has 12 heteroatoms. The maximum absolute atomic E-state index is 10.5. The van der Waals surface area contributed by atoms with Crippen molar-refractivity contribution in [2.75, 3.05) is 13.2 Å². The van der Waals surface area contributed by atoms with Crippen molar-refractivity contribution in [1.82, 2.24) is 0 Å². The second-order valence-corrected chi connectivity index (χ2v) is 5.73. The molecule has 10 atom stereocenters. The van der Waals surface area contributed by atoms with Crippen molar-refractivity contribution in [3.63, 3.8) is 0 Å². The van der Waals surface area contributed by atoms with Crippen LogP contribution in [0.4, 0.5) is 0 Å². The van der Waals surface area contributed by atoms with Crippen LogP contribution in [0.15, 0.2) is 0 Å². The van der Waals surface area contributed by atoms with Crippen molar-refractivity contribution >= 4 is 6.47 Å². The second-order valence-electron chi connectivity index (χ2n) is 5.73. The van der Waals surface area contributed by atoms with E-state index in [0.717, 1.165) is 0 Å². The lowest BCUT2D eigenvalue weighted by atomic mass is 9.97. The first kappa shape index (κ1) is 20.4. The summed E-state index contributed by atoms with van der Waals surface area (Å²) < 4.78 is 19.9. The third-order valence-electron chi connectivity index (χ3n) is 4.17. The van der Waals surface area contributed by atoms with Crippen LogP contribution in [0.25, 0.3) is 0 Å². The molecule has 0 radical (unpaired) electrons. The Balaban J connectivity index is 2.12. The zero-order chi connectivity index (χ0) is 18.7. The summed E-state index contributed by atoms with van der Waals surface area (Å²) in [6.07, 6.45) is -15.6. The maximum atomic E-state index is 10.5. The van der Waals surface area contributed by atoms with Gasteiger partial charge in [0.1, 0.15) is 42.7 Å². The monoisotopic (exact) mass is 370 g/mol. The van der Waals surface area contributed by atoms with Crippen LogP contribution in [0.3, 0.4) is 0 Å². The molecular formula is C13H22O12. The maximum Gasteiger partial charge on any atom is 0.293 e. The summed E-state index contributed by atoms with van der Waals surface area (Å²) in [5, 5.41) is 68.0. The van der Waals surface area contributed by atoms with E-state index >= 15 is 0 Å². The number of aliphatic hydroxyl groups is 7.